The molecule has 0 amide bonds. The van der Waals surface area contributed by atoms with Crippen LogP contribution in [0.25, 0.3) is 0 Å². The molecule has 2 aromatic rings. The zero-order chi connectivity index (χ0) is 13.8. The van der Waals surface area contributed by atoms with E-state index < -0.39 is 0 Å². The lowest BCUT2D eigenvalue weighted by molar-refractivity contribution is 0.391. The molecular weight excluding hydrogens is 353 g/mol. The van der Waals surface area contributed by atoms with Gasteiger partial charge in [0.2, 0.25) is 5.88 Å². The van der Waals surface area contributed by atoms with Crippen LogP contribution in [0.2, 0.25) is 5.02 Å². The minimum atomic E-state index is -0.368. The van der Waals surface area contributed by atoms with Gasteiger partial charge in [0.1, 0.15) is 5.82 Å². The van der Waals surface area contributed by atoms with Gasteiger partial charge >= 0.3 is 0 Å². The third kappa shape index (κ3) is 3.61. The van der Waals surface area contributed by atoms with Crippen molar-refractivity contribution < 1.29 is 9.13 Å². The van der Waals surface area contributed by atoms with Gasteiger partial charge in [-0.2, -0.15) is 0 Å². The van der Waals surface area contributed by atoms with Gasteiger partial charge in [-0.25, -0.2) is 9.37 Å². The average Bonchev–Trinajstić information content (AvgIpc) is 2.39. The number of pyridine rings is 1. The molecule has 1 aromatic carbocycles. The van der Waals surface area contributed by atoms with Gasteiger partial charge in [-0.3, -0.25) is 0 Å². The van der Waals surface area contributed by atoms with E-state index in [1.54, 1.807) is 6.07 Å². The number of rotatable bonds is 4. The van der Waals surface area contributed by atoms with Crippen molar-refractivity contribution in [3.8, 4) is 5.88 Å². The first-order chi connectivity index (χ1) is 9.11. The smallest absolute Gasteiger partial charge is 0.228 e. The third-order valence-electron chi connectivity index (χ3n) is 2.36. The standard InChI is InChI=1S/C13H10BrClFNOS/c1-18-13-8(14)6-10(16)11(17-13)7-19-12-5-3-2-4-9(12)15/h2-6H,7H2,1H3. The molecule has 0 unspecified atom stereocenters. The van der Waals surface area contributed by atoms with Gasteiger partial charge < -0.3 is 4.74 Å². The maximum Gasteiger partial charge on any atom is 0.228 e. The molecule has 1 heterocycles. The maximum absolute atomic E-state index is 13.8. The fraction of sp³-hybridized carbons (Fsp3) is 0.154. The average molecular weight is 363 g/mol. The van der Waals surface area contributed by atoms with Gasteiger partial charge in [-0.05, 0) is 34.1 Å². The molecule has 0 bridgehead atoms. The minimum absolute atomic E-state index is 0.338. The van der Waals surface area contributed by atoms with Crippen molar-refractivity contribution in [1.82, 2.24) is 4.98 Å². The van der Waals surface area contributed by atoms with Gasteiger partial charge in [0, 0.05) is 10.6 Å². The predicted molar refractivity (Wildman–Crippen MR) is 79.5 cm³/mol. The Labute approximate surface area is 128 Å². The Kier molecular flexibility index (Phi) is 5.07. The molecule has 0 radical (unpaired) electrons. The number of thioether (sulfide) groups is 1. The van der Waals surface area contributed by atoms with Crippen molar-refractivity contribution in [2.75, 3.05) is 7.11 Å². The summed E-state index contributed by atoms with van der Waals surface area (Å²) in [5, 5.41) is 0.650. The number of ether oxygens (including phenoxy) is 1. The van der Waals surface area contributed by atoms with Crippen LogP contribution in [0, 0.1) is 5.82 Å². The maximum atomic E-state index is 13.8. The molecule has 0 atom stereocenters. The Morgan fingerprint density at radius 1 is 1.42 bits per heavy atom. The topological polar surface area (TPSA) is 22.1 Å². The third-order valence-corrected chi connectivity index (χ3v) is 4.46. The number of hydrogen-bond acceptors (Lipinski definition) is 3. The van der Waals surface area contributed by atoms with E-state index in [1.807, 2.05) is 18.2 Å². The first kappa shape index (κ1) is 14.6. The summed E-state index contributed by atoms with van der Waals surface area (Å²) < 4.78 is 19.3. The molecular formula is C13H10BrClFNOS. The SMILES string of the molecule is COc1nc(CSc2ccccc2Cl)c(F)cc1Br. The molecule has 1 aromatic heterocycles. The molecule has 6 heteroatoms. The molecule has 0 spiro atoms. The van der Waals surface area contributed by atoms with Gasteiger partial charge in [-0.15, -0.1) is 11.8 Å². The summed E-state index contributed by atoms with van der Waals surface area (Å²) in [7, 11) is 1.50. The summed E-state index contributed by atoms with van der Waals surface area (Å²) >= 11 is 10.7. The largest absolute Gasteiger partial charge is 0.480 e. The van der Waals surface area contributed by atoms with Gasteiger partial charge in [0.25, 0.3) is 0 Å². The van der Waals surface area contributed by atoms with Crippen molar-refractivity contribution in [3.63, 3.8) is 0 Å². The second-order valence-electron chi connectivity index (χ2n) is 3.63. The molecule has 0 fully saturated rings. The molecule has 0 saturated heterocycles. The number of methoxy groups -OCH3 is 1. The molecule has 0 aliphatic carbocycles. The number of halogens is 3. The fourth-order valence-corrected chi connectivity index (χ4v) is 3.06. The van der Waals surface area contributed by atoms with Gasteiger partial charge in [0.15, 0.2) is 0 Å². The van der Waals surface area contributed by atoms with Crippen molar-refractivity contribution >= 4 is 39.3 Å². The summed E-state index contributed by atoms with van der Waals surface area (Å²) in [6.45, 7) is 0. The van der Waals surface area contributed by atoms with E-state index in [2.05, 4.69) is 20.9 Å². The summed E-state index contributed by atoms with van der Waals surface area (Å²) in [5.74, 6) is 0.391. The van der Waals surface area contributed by atoms with E-state index >= 15 is 0 Å². The van der Waals surface area contributed by atoms with Gasteiger partial charge in [0.05, 0.1) is 22.3 Å². The van der Waals surface area contributed by atoms with Crippen LogP contribution in [0.4, 0.5) is 4.39 Å². The Hall–Kier alpha value is -0.780. The Morgan fingerprint density at radius 3 is 2.84 bits per heavy atom. The van der Waals surface area contributed by atoms with Crippen LogP contribution in [0.15, 0.2) is 39.7 Å². The first-order valence-corrected chi connectivity index (χ1v) is 7.53. The summed E-state index contributed by atoms with van der Waals surface area (Å²) in [6, 6.07) is 8.79. The second-order valence-corrected chi connectivity index (χ2v) is 5.91. The molecule has 2 nitrogen and oxygen atoms in total. The molecule has 2 rings (SSSR count). The number of benzene rings is 1. The van der Waals surface area contributed by atoms with E-state index in [1.165, 1.54) is 24.9 Å². The van der Waals surface area contributed by atoms with Crippen LogP contribution in [0.5, 0.6) is 5.88 Å². The normalized spacial score (nSPS) is 10.5. The number of nitrogens with zero attached hydrogens (tertiary/aromatic N) is 1. The van der Waals surface area contributed by atoms with Crippen LogP contribution in [0.3, 0.4) is 0 Å². The summed E-state index contributed by atoms with van der Waals surface area (Å²) in [6.07, 6.45) is 0. The zero-order valence-electron chi connectivity index (χ0n) is 9.99. The van der Waals surface area contributed by atoms with E-state index in [4.69, 9.17) is 16.3 Å². The molecule has 19 heavy (non-hydrogen) atoms. The molecule has 0 aliphatic rings. The Bertz CT molecular complexity index is 597. The van der Waals surface area contributed by atoms with Crippen molar-refractivity contribution in [3.05, 3.63) is 51.3 Å². The molecule has 0 saturated carbocycles. The highest BCUT2D eigenvalue weighted by atomic mass is 79.9. The summed E-state index contributed by atoms with van der Waals surface area (Å²) in [4.78, 5) is 5.02. The van der Waals surface area contributed by atoms with Crippen molar-refractivity contribution in [2.24, 2.45) is 0 Å². The predicted octanol–water partition coefficient (Wildman–Crippen LogP) is 4.94. The van der Waals surface area contributed by atoms with Crippen molar-refractivity contribution in [2.45, 2.75) is 10.6 Å². The highest BCUT2D eigenvalue weighted by molar-refractivity contribution is 9.10. The Balaban J connectivity index is 2.18. The quantitative estimate of drug-likeness (QED) is 0.719. The Morgan fingerprint density at radius 2 is 2.16 bits per heavy atom. The van der Waals surface area contributed by atoms with E-state index in [-0.39, 0.29) is 5.82 Å². The van der Waals surface area contributed by atoms with Crippen LogP contribution in [0.1, 0.15) is 5.69 Å². The highest BCUT2D eigenvalue weighted by Crippen LogP contribution is 2.31. The lowest BCUT2D eigenvalue weighted by Gasteiger charge is -2.08. The zero-order valence-corrected chi connectivity index (χ0v) is 13.1. The number of hydrogen-bond donors (Lipinski definition) is 0. The van der Waals surface area contributed by atoms with Gasteiger partial charge in [-0.1, -0.05) is 23.7 Å². The van der Waals surface area contributed by atoms with Crippen LogP contribution in [-0.2, 0) is 5.75 Å². The van der Waals surface area contributed by atoms with Crippen molar-refractivity contribution in [1.29, 1.82) is 0 Å². The minimum Gasteiger partial charge on any atom is -0.480 e. The highest BCUT2D eigenvalue weighted by Gasteiger charge is 2.11. The molecule has 100 valence electrons. The van der Waals surface area contributed by atoms with E-state index in [9.17, 15) is 4.39 Å². The van der Waals surface area contributed by atoms with E-state index in [0.29, 0.717) is 26.8 Å². The monoisotopic (exact) mass is 361 g/mol. The van der Waals surface area contributed by atoms with Crippen LogP contribution >= 0.6 is 39.3 Å². The fourth-order valence-electron chi connectivity index (χ4n) is 1.44. The lowest BCUT2D eigenvalue weighted by Crippen LogP contribution is -1.97. The second kappa shape index (κ2) is 6.59. The molecule has 0 N–H and O–H groups in total. The molecule has 0 aliphatic heterocycles. The lowest BCUT2D eigenvalue weighted by atomic mass is 10.3. The first-order valence-electron chi connectivity index (χ1n) is 5.38. The van der Waals surface area contributed by atoms with Crippen LogP contribution in [-0.4, -0.2) is 12.1 Å². The van der Waals surface area contributed by atoms with E-state index in [0.717, 1.165) is 4.90 Å². The summed E-state index contributed by atoms with van der Waals surface area (Å²) in [5.41, 5.74) is 0.338. The number of aromatic nitrogens is 1. The van der Waals surface area contributed by atoms with Crippen LogP contribution < -0.4 is 4.74 Å².